The van der Waals surface area contributed by atoms with Gasteiger partial charge in [-0.2, -0.15) is 13.2 Å². The molecule has 1 aliphatic rings. The summed E-state index contributed by atoms with van der Waals surface area (Å²) in [6.45, 7) is -0.135. The first-order valence-electron chi connectivity index (χ1n) is 4.49. The molecule has 0 N–H and O–H groups in total. The Labute approximate surface area is 87.6 Å². The van der Waals surface area contributed by atoms with Gasteiger partial charge in [-0.05, 0) is 18.1 Å². The van der Waals surface area contributed by atoms with Gasteiger partial charge in [0.25, 0.3) is 0 Å². The van der Waals surface area contributed by atoms with Gasteiger partial charge >= 0.3 is 6.18 Å². The van der Waals surface area contributed by atoms with Crippen molar-refractivity contribution >= 4 is 5.71 Å². The summed E-state index contributed by atoms with van der Waals surface area (Å²) in [5.41, 5.74) is -1.81. The van der Waals surface area contributed by atoms with Gasteiger partial charge in [0, 0.05) is 18.2 Å². The smallest absolute Gasteiger partial charge is 0.280 e. The molecule has 86 valence electrons. The molecule has 0 amide bonds. The summed E-state index contributed by atoms with van der Waals surface area (Å²) in [6.07, 6.45) is -4.63. The van der Waals surface area contributed by atoms with E-state index >= 15 is 0 Å². The number of nitrogens with zero attached hydrogens (tertiary/aromatic N) is 1. The van der Waals surface area contributed by atoms with Crippen molar-refractivity contribution in [3.8, 4) is 0 Å². The number of aliphatic imine (C=N–C) groups is 1. The van der Waals surface area contributed by atoms with Crippen molar-refractivity contribution in [1.82, 2.24) is 0 Å². The lowest BCUT2D eigenvalue weighted by Gasteiger charge is -2.19. The summed E-state index contributed by atoms with van der Waals surface area (Å²) in [4.78, 5) is 3.28. The molecular weight excluding hydrogens is 229 g/mol. The normalized spacial score (nSPS) is 15.7. The van der Waals surface area contributed by atoms with Gasteiger partial charge in [0.2, 0.25) is 0 Å². The number of hydrogen-bond acceptors (Lipinski definition) is 1. The predicted octanol–water partition coefficient (Wildman–Crippen LogP) is 2.87. The van der Waals surface area contributed by atoms with Crippen molar-refractivity contribution in [2.45, 2.75) is 12.6 Å². The minimum Gasteiger partial charge on any atom is -0.280 e. The molecule has 0 aromatic heterocycles. The van der Waals surface area contributed by atoms with Crippen LogP contribution in [0.3, 0.4) is 0 Å². The fraction of sp³-hybridized carbons (Fsp3) is 0.300. The first-order valence-corrected chi connectivity index (χ1v) is 4.49. The number of hydrogen-bond donors (Lipinski definition) is 0. The summed E-state index contributed by atoms with van der Waals surface area (Å²) >= 11 is 0. The van der Waals surface area contributed by atoms with Crippen LogP contribution in [0.15, 0.2) is 17.1 Å². The summed E-state index contributed by atoms with van der Waals surface area (Å²) in [5.74, 6) is -1.98. The van der Waals surface area contributed by atoms with Crippen molar-refractivity contribution in [1.29, 1.82) is 0 Å². The van der Waals surface area contributed by atoms with Gasteiger partial charge < -0.3 is 0 Å². The maximum Gasteiger partial charge on any atom is 0.433 e. The number of alkyl halides is 3. The van der Waals surface area contributed by atoms with E-state index in [4.69, 9.17) is 0 Å². The maximum absolute atomic E-state index is 13.2. The summed E-state index contributed by atoms with van der Waals surface area (Å²) in [6, 6.07) is 1.25. The first kappa shape index (κ1) is 11.0. The average Bonchev–Trinajstić information content (AvgIpc) is 2.15. The summed E-state index contributed by atoms with van der Waals surface area (Å²) in [7, 11) is 0. The van der Waals surface area contributed by atoms with Crippen molar-refractivity contribution in [2.24, 2.45) is 4.99 Å². The zero-order chi connectivity index (χ0) is 11.9. The van der Waals surface area contributed by atoms with E-state index in [9.17, 15) is 22.0 Å². The highest BCUT2D eigenvalue weighted by atomic mass is 19.4. The van der Waals surface area contributed by atoms with Crippen LogP contribution in [0, 0.1) is 11.6 Å². The highest BCUT2D eigenvalue weighted by molar-refractivity contribution is 6.06. The fourth-order valence-electron chi connectivity index (χ4n) is 1.68. The third-order valence-corrected chi connectivity index (χ3v) is 2.32. The van der Waals surface area contributed by atoms with Gasteiger partial charge in [-0.3, -0.25) is 4.99 Å². The van der Waals surface area contributed by atoms with Crippen molar-refractivity contribution in [3.63, 3.8) is 0 Å². The third kappa shape index (κ3) is 1.79. The number of fused-ring (bicyclic) bond motifs is 1. The Balaban J connectivity index is 2.62. The Hall–Kier alpha value is -1.46. The highest BCUT2D eigenvalue weighted by Crippen LogP contribution is 2.29. The lowest BCUT2D eigenvalue weighted by atomic mass is 9.96. The predicted molar refractivity (Wildman–Crippen MR) is 47.5 cm³/mol. The molecule has 1 aliphatic heterocycles. The topological polar surface area (TPSA) is 12.4 Å². The van der Waals surface area contributed by atoms with E-state index in [1.54, 1.807) is 0 Å². The van der Waals surface area contributed by atoms with Crippen LogP contribution in [0.5, 0.6) is 0 Å². The van der Waals surface area contributed by atoms with Crippen LogP contribution in [-0.2, 0) is 6.42 Å². The monoisotopic (exact) mass is 235 g/mol. The average molecular weight is 235 g/mol. The molecule has 16 heavy (non-hydrogen) atoms. The first-order chi connectivity index (χ1) is 7.39. The minimum atomic E-state index is -4.69. The van der Waals surface area contributed by atoms with Crippen LogP contribution < -0.4 is 0 Å². The Morgan fingerprint density at radius 3 is 2.44 bits per heavy atom. The molecule has 0 bridgehead atoms. The van der Waals surface area contributed by atoms with E-state index in [0.717, 1.165) is 0 Å². The molecule has 0 spiro atoms. The minimum absolute atomic E-state index is 0.0566. The molecule has 2 rings (SSSR count). The largest absolute Gasteiger partial charge is 0.433 e. The Bertz CT molecular complexity index is 461. The Morgan fingerprint density at radius 1 is 1.12 bits per heavy atom. The SMILES string of the molecule is Fc1cc(F)c2c(c1)C(C(F)(F)F)=NCC2. The quantitative estimate of drug-likeness (QED) is 0.613. The number of benzene rings is 1. The molecule has 0 saturated heterocycles. The third-order valence-electron chi connectivity index (χ3n) is 2.32. The van der Waals surface area contributed by atoms with Gasteiger partial charge in [-0.25, -0.2) is 8.78 Å². The lowest BCUT2D eigenvalue weighted by Crippen LogP contribution is -2.29. The maximum atomic E-state index is 13.2. The molecule has 0 atom stereocenters. The Kier molecular flexibility index (Phi) is 2.44. The van der Waals surface area contributed by atoms with Crippen LogP contribution in [0.1, 0.15) is 11.1 Å². The second-order valence-electron chi connectivity index (χ2n) is 3.39. The van der Waals surface area contributed by atoms with Gasteiger partial charge in [0.15, 0.2) is 0 Å². The highest BCUT2D eigenvalue weighted by Gasteiger charge is 2.39. The molecule has 1 aromatic rings. The van der Waals surface area contributed by atoms with E-state index in [0.29, 0.717) is 12.1 Å². The van der Waals surface area contributed by atoms with Crippen LogP contribution in [0.2, 0.25) is 0 Å². The second kappa shape index (κ2) is 3.54. The molecule has 0 saturated carbocycles. The fourth-order valence-corrected chi connectivity index (χ4v) is 1.68. The van der Waals surface area contributed by atoms with E-state index < -0.39 is 29.1 Å². The van der Waals surface area contributed by atoms with Crippen molar-refractivity contribution in [2.75, 3.05) is 6.54 Å². The Morgan fingerprint density at radius 2 is 1.81 bits per heavy atom. The zero-order valence-corrected chi connectivity index (χ0v) is 7.91. The van der Waals surface area contributed by atoms with E-state index in [-0.39, 0.29) is 18.5 Å². The molecule has 0 unspecified atom stereocenters. The van der Waals surface area contributed by atoms with Crippen LogP contribution in [-0.4, -0.2) is 18.4 Å². The molecule has 0 radical (unpaired) electrons. The van der Waals surface area contributed by atoms with Crippen molar-refractivity contribution < 1.29 is 22.0 Å². The molecule has 1 nitrogen and oxygen atoms in total. The molecule has 0 fully saturated rings. The molecule has 0 aliphatic carbocycles. The second-order valence-corrected chi connectivity index (χ2v) is 3.39. The van der Waals surface area contributed by atoms with E-state index in [1.165, 1.54) is 0 Å². The summed E-state index contributed by atoms with van der Waals surface area (Å²) in [5, 5.41) is 0. The van der Waals surface area contributed by atoms with Crippen LogP contribution in [0.25, 0.3) is 0 Å². The summed E-state index contributed by atoms with van der Waals surface area (Å²) < 4.78 is 63.6. The van der Waals surface area contributed by atoms with Gasteiger partial charge in [-0.15, -0.1) is 0 Å². The van der Waals surface area contributed by atoms with Gasteiger partial charge in [0.05, 0.1) is 0 Å². The molecule has 6 heteroatoms. The molecule has 1 heterocycles. The van der Waals surface area contributed by atoms with Gasteiger partial charge in [-0.1, -0.05) is 0 Å². The lowest BCUT2D eigenvalue weighted by molar-refractivity contribution is -0.0584. The number of rotatable bonds is 0. The van der Waals surface area contributed by atoms with Crippen molar-refractivity contribution in [3.05, 3.63) is 34.9 Å². The van der Waals surface area contributed by atoms with Gasteiger partial charge in [0.1, 0.15) is 17.3 Å². The van der Waals surface area contributed by atoms with E-state index in [1.807, 2.05) is 0 Å². The molecule has 1 aromatic carbocycles. The zero-order valence-electron chi connectivity index (χ0n) is 7.91. The van der Waals surface area contributed by atoms with E-state index in [2.05, 4.69) is 4.99 Å². The van der Waals surface area contributed by atoms with Crippen LogP contribution in [0.4, 0.5) is 22.0 Å². The number of halogens is 5. The van der Waals surface area contributed by atoms with Crippen LogP contribution >= 0.6 is 0 Å². The standard InChI is InChI=1S/C10H6F5N/c11-5-3-7-6(8(12)4-5)1-2-16-9(7)10(13,14)15/h3-4H,1-2H2. The molecular formula is C10H6F5N.